The smallest absolute Gasteiger partial charge is 0.165 e. The molecule has 2 aromatic heterocycles. The van der Waals surface area contributed by atoms with Crippen LogP contribution in [-0.4, -0.2) is 19.5 Å². The van der Waals surface area contributed by atoms with E-state index in [-0.39, 0.29) is 21.7 Å². The molecular formula is C50H57N5. The van der Waals surface area contributed by atoms with Gasteiger partial charge in [0.1, 0.15) is 11.6 Å². The van der Waals surface area contributed by atoms with Crippen LogP contribution in [0, 0.1) is 46.8 Å². The van der Waals surface area contributed by atoms with Crippen molar-refractivity contribution in [1.29, 1.82) is 5.26 Å². The Bertz CT molecular complexity index is 2240. The van der Waals surface area contributed by atoms with Crippen molar-refractivity contribution in [1.82, 2.24) is 19.5 Å². The Kier molecular flexibility index (Phi) is 7.17. The van der Waals surface area contributed by atoms with Gasteiger partial charge in [0.2, 0.25) is 0 Å². The van der Waals surface area contributed by atoms with Crippen LogP contribution in [0.4, 0.5) is 0 Å². The van der Waals surface area contributed by atoms with Crippen molar-refractivity contribution in [2.45, 2.75) is 140 Å². The molecule has 0 saturated heterocycles. The molecule has 0 atom stereocenters. The molecule has 282 valence electrons. The molecule has 5 nitrogen and oxygen atoms in total. The van der Waals surface area contributed by atoms with Gasteiger partial charge < -0.3 is 4.57 Å². The van der Waals surface area contributed by atoms with Crippen LogP contribution in [0.1, 0.15) is 147 Å². The Balaban J connectivity index is 1.16. The Morgan fingerprint density at radius 2 is 0.982 bits per heavy atom. The summed E-state index contributed by atoms with van der Waals surface area (Å²) in [5.41, 5.74) is 7.82. The van der Waals surface area contributed by atoms with Crippen molar-refractivity contribution in [3.05, 3.63) is 82.9 Å². The zero-order valence-corrected chi connectivity index (χ0v) is 33.9. The summed E-state index contributed by atoms with van der Waals surface area (Å²) in [6.07, 6.45) is 15.8. The molecule has 3 aromatic carbocycles. The van der Waals surface area contributed by atoms with Gasteiger partial charge in [0.05, 0.1) is 28.4 Å². The molecule has 0 spiro atoms. The number of hydrogen-bond donors (Lipinski definition) is 0. The fraction of sp³-hybridized carbons (Fsp3) is 0.560. The summed E-state index contributed by atoms with van der Waals surface area (Å²) in [5.74, 6) is 7.79. The highest BCUT2D eigenvalue weighted by Crippen LogP contribution is 2.62. The number of fused-ring (bicyclic) bond motifs is 3. The Morgan fingerprint density at radius 1 is 0.564 bits per heavy atom. The van der Waals surface area contributed by atoms with Gasteiger partial charge in [-0.2, -0.15) is 5.26 Å². The summed E-state index contributed by atoms with van der Waals surface area (Å²) in [6.45, 7) is 13.8. The van der Waals surface area contributed by atoms with Gasteiger partial charge >= 0.3 is 0 Å². The first-order valence-electron chi connectivity index (χ1n) is 21.7. The largest absolute Gasteiger partial charge is 0.308 e. The molecule has 5 heteroatoms. The van der Waals surface area contributed by atoms with Crippen LogP contribution in [0.15, 0.2) is 54.6 Å². The molecule has 0 amide bonds. The first kappa shape index (κ1) is 34.2. The van der Waals surface area contributed by atoms with Gasteiger partial charge in [-0.1, -0.05) is 53.7 Å². The zero-order valence-electron chi connectivity index (χ0n) is 33.9. The second-order valence-electron chi connectivity index (χ2n) is 21.8. The molecule has 0 radical (unpaired) electrons. The topological polar surface area (TPSA) is 67.4 Å². The number of nitriles is 1. The van der Waals surface area contributed by atoms with E-state index >= 15 is 0 Å². The van der Waals surface area contributed by atoms with E-state index in [4.69, 9.17) is 15.0 Å². The standard InChI is InChI=1S/C50H57N5/c1-47(2,3)36-8-11-41-38(20-36)39-21-37(48(4,5)6)9-12-42(39)55(41)43-10-7-29(28-51)19-40(43)44-52-45(49-22-30-13-31(23-49)15-32(14-30)24-49)54-46(53-44)50-25-33-16-34(26-50)18-35(17-33)27-50/h7-12,19-21,30-35H,13-18,22-27H2,1-6H3. The minimum Gasteiger partial charge on any atom is -0.308 e. The quantitative estimate of drug-likeness (QED) is 0.185. The third-order valence-electron chi connectivity index (χ3n) is 15.8. The first-order chi connectivity index (χ1) is 26.3. The lowest BCUT2D eigenvalue weighted by Gasteiger charge is -2.57. The zero-order chi connectivity index (χ0) is 37.6. The Morgan fingerprint density at radius 3 is 1.36 bits per heavy atom. The summed E-state index contributed by atoms with van der Waals surface area (Å²) in [6, 6.07) is 22.8. The van der Waals surface area contributed by atoms with Crippen LogP contribution in [0.2, 0.25) is 0 Å². The van der Waals surface area contributed by atoms with Gasteiger partial charge in [0.25, 0.3) is 0 Å². The van der Waals surface area contributed by atoms with Gasteiger partial charge in [0.15, 0.2) is 5.82 Å². The van der Waals surface area contributed by atoms with E-state index in [1.54, 1.807) is 0 Å². The molecule has 5 aromatic rings. The molecular weight excluding hydrogens is 671 g/mol. The molecule has 8 aliphatic carbocycles. The predicted molar refractivity (Wildman–Crippen MR) is 221 cm³/mol. The minimum atomic E-state index is 0.0239. The average Bonchev–Trinajstić information content (AvgIpc) is 3.46. The molecule has 13 rings (SSSR count). The second kappa shape index (κ2) is 11.5. The summed E-state index contributed by atoms with van der Waals surface area (Å²) in [5, 5.41) is 12.9. The van der Waals surface area contributed by atoms with Crippen LogP contribution < -0.4 is 0 Å². The number of rotatable bonds is 4. The lowest BCUT2D eigenvalue weighted by atomic mass is 9.49. The van der Waals surface area contributed by atoms with Gasteiger partial charge in [-0.25, -0.2) is 15.0 Å². The van der Waals surface area contributed by atoms with Crippen LogP contribution >= 0.6 is 0 Å². The van der Waals surface area contributed by atoms with Crippen molar-refractivity contribution in [3.63, 3.8) is 0 Å². The molecule has 8 saturated carbocycles. The highest BCUT2D eigenvalue weighted by atomic mass is 15.1. The average molecular weight is 728 g/mol. The maximum Gasteiger partial charge on any atom is 0.165 e. The summed E-state index contributed by atoms with van der Waals surface area (Å²) < 4.78 is 2.44. The van der Waals surface area contributed by atoms with E-state index in [0.717, 1.165) is 64.2 Å². The van der Waals surface area contributed by atoms with E-state index in [0.29, 0.717) is 5.56 Å². The van der Waals surface area contributed by atoms with Gasteiger partial charge in [-0.15, -0.1) is 0 Å². The summed E-state index contributed by atoms with van der Waals surface area (Å²) >= 11 is 0. The lowest BCUT2D eigenvalue weighted by molar-refractivity contribution is -0.0155. The monoisotopic (exact) mass is 727 g/mol. The third-order valence-corrected chi connectivity index (χ3v) is 15.8. The van der Waals surface area contributed by atoms with Crippen molar-refractivity contribution < 1.29 is 0 Å². The van der Waals surface area contributed by atoms with Crippen LogP contribution in [0.5, 0.6) is 0 Å². The van der Waals surface area contributed by atoms with Crippen LogP contribution in [0.25, 0.3) is 38.9 Å². The molecule has 0 N–H and O–H groups in total. The number of benzene rings is 3. The third kappa shape index (κ3) is 5.32. The maximum absolute atomic E-state index is 10.4. The summed E-state index contributed by atoms with van der Waals surface area (Å²) in [7, 11) is 0. The molecule has 8 aliphatic rings. The number of nitrogens with zero attached hydrogens (tertiary/aromatic N) is 5. The van der Waals surface area contributed by atoms with Crippen molar-refractivity contribution in [2.75, 3.05) is 0 Å². The van der Waals surface area contributed by atoms with E-state index in [1.807, 2.05) is 6.07 Å². The molecule has 55 heavy (non-hydrogen) atoms. The normalized spacial score (nSPS) is 32.2. The fourth-order valence-corrected chi connectivity index (χ4v) is 13.9. The maximum atomic E-state index is 10.4. The van der Waals surface area contributed by atoms with Crippen LogP contribution in [-0.2, 0) is 21.7 Å². The first-order valence-corrected chi connectivity index (χ1v) is 21.7. The fourth-order valence-electron chi connectivity index (χ4n) is 13.9. The van der Waals surface area contributed by atoms with Gasteiger partial charge in [0, 0.05) is 27.2 Å². The van der Waals surface area contributed by atoms with E-state index in [9.17, 15) is 5.26 Å². The summed E-state index contributed by atoms with van der Waals surface area (Å²) in [4.78, 5) is 17.1. The SMILES string of the molecule is CC(C)(C)c1ccc2c(c1)c1cc(C(C)(C)C)ccc1n2-c1ccc(C#N)cc1-c1nc(C23CC4CC(CC(C4)C2)C3)nc(C23CC4CC(CC(C4)C2)C3)n1. The van der Waals surface area contributed by atoms with Crippen molar-refractivity contribution >= 4 is 21.8 Å². The van der Waals surface area contributed by atoms with E-state index in [2.05, 4.69) is 101 Å². The predicted octanol–water partition coefficient (Wildman–Crippen LogP) is 12.0. The second-order valence-corrected chi connectivity index (χ2v) is 21.8. The Labute approximate surface area is 327 Å². The molecule has 0 aliphatic heterocycles. The van der Waals surface area contributed by atoms with E-state index in [1.165, 1.54) is 110 Å². The van der Waals surface area contributed by atoms with Crippen LogP contribution in [0.3, 0.4) is 0 Å². The van der Waals surface area contributed by atoms with Crippen molar-refractivity contribution in [3.8, 4) is 23.1 Å². The van der Waals surface area contributed by atoms with Gasteiger partial charge in [-0.05, 0) is 177 Å². The highest BCUT2D eigenvalue weighted by molar-refractivity contribution is 6.10. The van der Waals surface area contributed by atoms with E-state index < -0.39 is 0 Å². The van der Waals surface area contributed by atoms with Gasteiger partial charge in [-0.3, -0.25) is 0 Å². The number of hydrogen-bond acceptors (Lipinski definition) is 4. The molecule has 2 heterocycles. The highest BCUT2D eigenvalue weighted by Gasteiger charge is 2.56. The molecule has 0 unspecified atom stereocenters. The molecule has 8 fully saturated rings. The number of aromatic nitrogens is 4. The molecule has 8 bridgehead atoms. The van der Waals surface area contributed by atoms with Crippen molar-refractivity contribution in [2.24, 2.45) is 35.5 Å². The Hall–Kier alpha value is -4.04. The lowest BCUT2D eigenvalue weighted by Crippen LogP contribution is -2.51. The minimum absolute atomic E-state index is 0.0239.